The molecule has 11 heavy (non-hydrogen) atoms. The largest absolute Gasteiger partial charge is 0.305 e. The van der Waals surface area contributed by atoms with Crippen LogP contribution in [0.4, 0.5) is 0 Å². The van der Waals surface area contributed by atoms with E-state index in [9.17, 15) is 4.79 Å². The fourth-order valence-electron chi connectivity index (χ4n) is 0.868. The zero-order valence-corrected chi connectivity index (χ0v) is 7.85. The molecule has 0 saturated heterocycles. The van der Waals surface area contributed by atoms with E-state index in [-0.39, 0.29) is 11.7 Å². The number of rotatable bonds is 4. The van der Waals surface area contributed by atoms with Crippen LogP contribution in [-0.4, -0.2) is 31.3 Å². The molecule has 0 spiro atoms. The van der Waals surface area contributed by atoms with Gasteiger partial charge in [0.05, 0.1) is 0 Å². The monoisotopic (exact) mass is 155 g/mol. The van der Waals surface area contributed by atoms with Crippen molar-refractivity contribution in [3.8, 4) is 0 Å². The van der Waals surface area contributed by atoms with Crippen molar-refractivity contribution in [3.05, 3.63) is 12.2 Å². The van der Waals surface area contributed by atoms with Gasteiger partial charge < -0.3 is 4.90 Å². The van der Waals surface area contributed by atoms with E-state index in [4.69, 9.17) is 0 Å². The van der Waals surface area contributed by atoms with Crippen LogP contribution in [0.1, 0.15) is 13.8 Å². The van der Waals surface area contributed by atoms with Gasteiger partial charge in [0, 0.05) is 18.0 Å². The molecular formula is C9H17NO. The topological polar surface area (TPSA) is 20.3 Å². The molecule has 0 fully saturated rings. The Hall–Kier alpha value is -0.630. The van der Waals surface area contributed by atoms with Crippen LogP contribution in [0.5, 0.6) is 0 Å². The molecule has 0 aliphatic heterocycles. The van der Waals surface area contributed by atoms with Gasteiger partial charge in [0.2, 0.25) is 0 Å². The molecular weight excluding hydrogens is 138 g/mol. The zero-order chi connectivity index (χ0) is 9.02. The lowest BCUT2D eigenvalue weighted by Crippen LogP contribution is -2.21. The lowest BCUT2D eigenvalue weighted by atomic mass is 10.0. The molecule has 0 saturated carbocycles. The van der Waals surface area contributed by atoms with Gasteiger partial charge in [-0.1, -0.05) is 20.4 Å². The third-order valence-electron chi connectivity index (χ3n) is 1.38. The standard InChI is InChI=1S/C9H17NO/c1-7(2)9(11)8(3)6-10(4)5/h7H,3,6H2,1-2,4-5H3. The Bertz CT molecular complexity index is 159. The lowest BCUT2D eigenvalue weighted by Gasteiger charge is -2.12. The first-order valence-corrected chi connectivity index (χ1v) is 3.82. The summed E-state index contributed by atoms with van der Waals surface area (Å²) in [6.07, 6.45) is 0. The summed E-state index contributed by atoms with van der Waals surface area (Å²) in [6, 6.07) is 0. The highest BCUT2D eigenvalue weighted by atomic mass is 16.1. The highest BCUT2D eigenvalue weighted by molar-refractivity contribution is 5.96. The summed E-state index contributed by atoms with van der Waals surface area (Å²) in [7, 11) is 3.86. The maximum absolute atomic E-state index is 11.3. The number of Topliss-reactive ketones (excluding diaryl/α,β-unsaturated/α-hetero) is 1. The number of hydrogen-bond acceptors (Lipinski definition) is 2. The fourth-order valence-corrected chi connectivity index (χ4v) is 0.868. The lowest BCUT2D eigenvalue weighted by molar-refractivity contribution is -0.118. The second-order valence-corrected chi connectivity index (χ2v) is 3.36. The van der Waals surface area contributed by atoms with Crippen molar-refractivity contribution >= 4 is 5.78 Å². The Morgan fingerprint density at radius 1 is 1.45 bits per heavy atom. The first-order valence-electron chi connectivity index (χ1n) is 3.82. The molecule has 0 heterocycles. The van der Waals surface area contributed by atoms with E-state index in [0.29, 0.717) is 12.1 Å². The molecule has 0 aliphatic rings. The quantitative estimate of drug-likeness (QED) is 0.571. The normalized spacial score (nSPS) is 10.7. The van der Waals surface area contributed by atoms with Gasteiger partial charge in [0.15, 0.2) is 5.78 Å². The summed E-state index contributed by atoms with van der Waals surface area (Å²) < 4.78 is 0. The molecule has 0 aliphatic carbocycles. The van der Waals surface area contributed by atoms with Gasteiger partial charge in [-0.25, -0.2) is 0 Å². The first-order chi connectivity index (χ1) is 4.95. The second kappa shape index (κ2) is 4.29. The van der Waals surface area contributed by atoms with Crippen LogP contribution >= 0.6 is 0 Å². The van der Waals surface area contributed by atoms with Crippen molar-refractivity contribution in [2.24, 2.45) is 5.92 Å². The predicted octanol–water partition coefficient (Wildman–Crippen LogP) is 1.33. The predicted molar refractivity (Wildman–Crippen MR) is 47.5 cm³/mol. The van der Waals surface area contributed by atoms with Gasteiger partial charge in [0.25, 0.3) is 0 Å². The minimum Gasteiger partial charge on any atom is -0.305 e. The molecule has 2 nitrogen and oxygen atoms in total. The SMILES string of the molecule is C=C(CN(C)C)C(=O)C(C)C. The smallest absolute Gasteiger partial charge is 0.162 e. The molecule has 0 amide bonds. The van der Waals surface area contributed by atoms with Gasteiger partial charge in [-0.05, 0) is 14.1 Å². The minimum atomic E-state index is 0.0717. The maximum atomic E-state index is 11.3. The third-order valence-corrected chi connectivity index (χ3v) is 1.38. The second-order valence-electron chi connectivity index (χ2n) is 3.36. The van der Waals surface area contributed by atoms with Gasteiger partial charge in [-0.2, -0.15) is 0 Å². The average Bonchev–Trinajstić information content (AvgIpc) is 1.84. The molecule has 0 atom stereocenters. The Labute approximate surface area is 68.9 Å². The van der Waals surface area contributed by atoms with Gasteiger partial charge >= 0.3 is 0 Å². The fraction of sp³-hybridized carbons (Fsp3) is 0.667. The van der Waals surface area contributed by atoms with Crippen LogP contribution in [-0.2, 0) is 4.79 Å². The molecule has 0 radical (unpaired) electrons. The van der Waals surface area contributed by atoms with Crippen LogP contribution in [0.2, 0.25) is 0 Å². The van der Waals surface area contributed by atoms with Crippen LogP contribution in [0.25, 0.3) is 0 Å². The molecule has 2 heteroatoms. The number of ketones is 1. The number of likely N-dealkylation sites (N-methyl/N-ethyl adjacent to an activating group) is 1. The Balaban J connectivity index is 3.94. The molecule has 0 unspecified atom stereocenters. The highest BCUT2D eigenvalue weighted by Crippen LogP contribution is 2.03. The summed E-state index contributed by atoms with van der Waals surface area (Å²) in [6.45, 7) is 8.17. The van der Waals surface area contributed by atoms with Crippen LogP contribution in [0.3, 0.4) is 0 Å². The Morgan fingerprint density at radius 3 is 2.18 bits per heavy atom. The van der Waals surface area contributed by atoms with Crippen molar-refractivity contribution in [1.29, 1.82) is 0 Å². The van der Waals surface area contributed by atoms with Crippen molar-refractivity contribution in [3.63, 3.8) is 0 Å². The van der Waals surface area contributed by atoms with Crippen molar-refractivity contribution < 1.29 is 4.79 Å². The molecule has 0 N–H and O–H groups in total. The van der Waals surface area contributed by atoms with E-state index >= 15 is 0 Å². The Kier molecular flexibility index (Phi) is 4.04. The summed E-state index contributed by atoms with van der Waals surface area (Å²) in [5.41, 5.74) is 0.699. The first kappa shape index (κ1) is 10.4. The van der Waals surface area contributed by atoms with Crippen LogP contribution in [0.15, 0.2) is 12.2 Å². The van der Waals surface area contributed by atoms with Gasteiger partial charge in [-0.15, -0.1) is 0 Å². The van der Waals surface area contributed by atoms with Crippen molar-refractivity contribution in [2.45, 2.75) is 13.8 Å². The Morgan fingerprint density at radius 2 is 1.91 bits per heavy atom. The number of carbonyl (C=O) groups is 1. The van der Waals surface area contributed by atoms with Crippen LogP contribution < -0.4 is 0 Å². The molecule has 0 aromatic carbocycles. The number of carbonyl (C=O) groups excluding carboxylic acids is 1. The van der Waals surface area contributed by atoms with E-state index in [1.807, 2.05) is 32.8 Å². The van der Waals surface area contributed by atoms with Crippen molar-refractivity contribution in [2.75, 3.05) is 20.6 Å². The molecule has 0 aromatic heterocycles. The molecule has 0 rings (SSSR count). The van der Waals surface area contributed by atoms with E-state index in [1.54, 1.807) is 0 Å². The van der Waals surface area contributed by atoms with Crippen LogP contribution in [0, 0.1) is 5.92 Å². The van der Waals surface area contributed by atoms with E-state index in [1.165, 1.54) is 0 Å². The molecule has 0 bridgehead atoms. The summed E-state index contributed by atoms with van der Waals surface area (Å²) in [5, 5.41) is 0. The molecule has 64 valence electrons. The van der Waals surface area contributed by atoms with E-state index < -0.39 is 0 Å². The minimum absolute atomic E-state index is 0.0717. The highest BCUT2D eigenvalue weighted by Gasteiger charge is 2.11. The van der Waals surface area contributed by atoms with E-state index in [0.717, 1.165) is 0 Å². The van der Waals surface area contributed by atoms with Gasteiger partial charge in [0.1, 0.15) is 0 Å². The zero-order valence-electron chi connectivity index (χ0n) is 7.85. The third kappa shape index (κ3) is 3.94. The number of hydrogen-bond donors (Lipinski definition) is 0. The summed E-state index contributed by atoms with van der Waals surface area (Å²) >= 11 is 0. The van der Waals surface area contributed by atoms with Crippen molar-refractivity contribution in [1.82, 2.24) is 4.90 Å². The average molecular weight is 155 g/mol. The van der Waals surface area contributed by atoms with Gasteiger partial charge in [-0.3, -0.25) is 4.79 Å². The summed E-state index contributed by atoms with van der Waals surface area (Å²) in [4.78, 5) is 13.2. The summed E-state index contributed by atoms with van der Waals surface area (Å²) in [5.74, 6) is 0.237. The van der Waals surface area contributed by atoms with E-state index in [2.05, 4.69) is 6.58 Å². The molecule has 0 aromatic rings. The number of nitrogens with zero attached hydrogens (tertiary/aromatic N) is 1. The maximum Gasteiger partial charge on any atom is 0.162 e.